The van der Waals surface area contributed by atoms with Crippen molar-refractivity contribution < 1.29 is 4.42 Å². The van der Waals surface area contributed by atoms with Gasteiger partial charge >= 0.3 is 0 Å². The highest BCUT2D eigenvalue weighted by molar-refractivity contribution is 6.06. The van der Waals surface area contributed by atoms with Gasteiger partial charge in [-0.25, -0.2) is 0 Å². The summed E-state index contributed by atoms with van der Waals surface area (Å²) in [4.78, 5) is 2.35. The predicted octanol–water partition coefficient (Wildman–Crippen LogP) is 13.7. The van der Waals surface area contributed by atoms with Gasteiger partial charge in [0.1, 0.15) is 11.2 Å². The second kappa shape index (κ2) is 12.8. The fourth-order valence-corrected chi connectivity index (χ4v) is 7.08. The van der Waals surface area contributed by atoms with E-state index in [-0.39, 0.29) is 0 Å². The molecular weight excluding hydrogens is 607 g/mol. The first kappa shape index (κ1) is 29.5. The Kier molecular flexibility index (Phi) is 7.53. The van der Waals surface area contributed by atoms with Crippen molar-refractivity contribution in [2.24, 2.45) is 0 Å². The number of para-hydroxylation sites is 2. The summed E-state index contributed by atoms with van der Waals surface area (Å²) >= 11 is 0. The zero-order valence-electron chi connectivity index (χ0n) is 27.4. The third-order valence-corrected chi connectivity index (χ3v) is 9.49. The van der Waals surface area contributed by atoms with E-state index < -0.39 is 0 Å². The van der Waals surface area contributed by atoms with E-state index >= 15 is 0 Å². The van der Waals surface area contributed by atoms with Gasteiger partial charge in [0.05, 0.1) is 5.69 Å². The predicted molar refractivity (Wildman–Crippen MR) is 210 cm³/mol. The van der Waals surface area contributed by atoms with E-state index in [1.165, 1.54) is 33.4 Å². The van der Waals surface area contributed by atoms with E-state index in [2.05, 4.69) is 193 Å². The quantitative estimate of drug-likeness (QED) is 0.173. The highest BCUT2D eigenvalue weighted by atomic mass is 16.3. The molecule has 0 N–H and O–H groups in total. The van der Waals surface area contributed by atoms with E-state index in [9.17, 15) is 0 Å². The zero-order valence-corrected chi connectivity index (χ0v) is 27.4. The lowest BCUT2D eigenvalue weighted by atomic mass is 9.94. The summed E-state index contributed by atoms with van der Waals surface area (Å²) in [5.41, 5.74) is 14.4. The van der Waals surface area contributed by atoms with E-state index in [0.29, 0.717) is 0 Å². The number of nitrogens with zero attached hydrogens (tertiary/aromatic N) is 1. The van der Waals surface area contributed by atoms with Gasteiger partial charge in [-0.3, -0.25) is 0 Å². The molecule has 9 rings (SSSR count). The van der Waals surface area contributed by atoms with Crippen LogP contribution in [0.25, 0.3) is 66.4 Å². The van der Waals surface area contributed by atoms with Crippen molar-refractivity contribution in [1.82, 2.24) is 0 Å². The van der Waals surface area contributed by atoms with Gasteiger partial charge in [-0.2, -0.15) is 0 Å². The molecule has 1 aromatic heterocycles. The van der Waals surface area contributed by atoms with Gasteiger partial charge in [-0.15, -0.1) is 0 Å². The van der Waals surface area contributed by atoms with Crippen LogP contribution in [0.5, 0.6) is 0 Å². The van der Waals surface area contributed by atoms with Crippen LogP contribution >= 0.6 is 0 Å². The summed E-state index contributed by atoms with van der Waals surface area (Å²) in [5.74, 6) is 0. The summed E-state index contributed by atoms with van der Waals surface area (Å²) in [6, 6.07) is 71.1. The molecule has 8 aromatic carbocycles. The molecule has 1 heterocycles. The zero-order chi connectivity index (χ0) is 33.3. The van der Waals surface area contributed by atoms with E-state index in [4.69, 9.17) is 4.42 Å². The molecule has 0 aliphatic rings. The molecule has 0 amide bonds. The second-order valence-corrected chi connectivity index (χ2v) is 12.5. The highest BCUT2D eigenvalue weighted by Crippen LogP contribution is 2.44. The van der Waals surface area contributed by atoms with Crippen molar-refractivity contribution in [3.63, 3.8) is 0 Å². The second-order valence-electron chi connectivity index (χ2n) is 12.5. The largest absolute Gasteiger partial charge is 0.456 e. The maximum absolute atomic E-state index is 6.40. The number of rotatable bonds is 7. The average Bonchev–Trinajstić information content (AvgIpc) is 3.57. The minimum atomic E-state index is 0.866. The third-order valence-electron chi connectivity index (χ3n) is 9.49. The normalized spacial score (nSPS) is 11.2. The van der Waals surface area contributed by atoms with Gasteiger partial charge in [-0.05, 0) is 81.4 Å². The number of hydrogen-bond donors (Lipinski definition) is 0. The Morgan fingerprint density at radius 1 is 0.300 bits per heavy atom. The molecule has 0 aliphatic heterocycles. The molecule has 0 unspecified atom stereocenters. The molecule has 0 atom stereocenters. The summed E-state index contributed by atoms with van der Waals surface area (Å²) in [6.45, 7) is 0. The molecule has 0 radical (unpaired) electrons. The molecule has 9 aromatic rings. The standard InChI is InChI=1S/C48H33NO/c1-3-14-34(15-4-1)37-18-13-19-38(32-37)43-22-9-11-24-46(43)49(40-30-31-45-44-23-10-12-25-47(44)50-48(45)33-40)39-28-26-36(27-29-39)42-21-8-7-20-41(42)35-16-5-2-6-17-35/h1-33H. The van der Waals surface area contributed by atoms with Crippen LogP contribution in [0, 0.1) is 0 Å². The fraction of sp³-hybridized carbons (Fsp3) is 0. The minimum absolute atomic E-state index is 0.866. The van der Waals surface area contributed by atoms with Crippen molar-refractivity contribution >= 4 is 39.0 Å². The topological polar surface area (TPSA) is 16.4 Å². The Morgan fingerprint density at radius 2 is 0.840 bits per heavy atom. The Morgan fingerprint density at radius 3 is 1.60 bits per heavy atom. The first-order chi connectivity index (χ1) is 24.8. The molecule has 0 bridgehead atoms. The molecule has 2 heteroatoms. The van der Waals surface area contributed by atoms with Crippen LogP contribution in [-0.4, -0.2) is 0 Å². The van der Waals surface area contributed by atoms with Crippen LogP contribution in [0.2, 0.25) is 0 Å². The van der Waals surface area contributed by atoms with Gasteiger partial charge in [0.25, 0.3) is 0 Å². The van der Waals surface area contributed by atoms with E-state index in [1.807, 2.05) is 12.1 Å². The van der Waals surface area contributed by atoms with Crippen LogP contribution in [0.1, 0.15) is 0 Å². The van der Waals surface area contributed by atoms with Crippen LogP contribution in [-0.2, 0) is 0 Å². The number of hydrogen-bond acceptors (Lipinski definition) is 2. The molecule has 0 saturated carbocycles. The molecule has 0 aliphatic carbocycles. The Bertz CT molecular complexity index is 2580. The molecule has 0 fully saturated rings. The third kappa shape index (κ3) is 5.43. The maximum atomic E-state index is 6.40. The van der Waals surface area contributed by atoms with Crippen LogP contribution in [0.4, 0.5) is 17.1 Å². The Labute approximate surface area is 292 Å². The SMILES string of the molecule is c1ccc(-c2cccc(-c3ccccc3N(c3ccc(-c4ccccc4-c4ccccc4)cc3)c3ccc4c(c3)oc3ccccc34)c2)cc1. The van der Waals surface area contributed by atoms with Gasteiger partial charge in [-0.1, -0.05) is 152 Å². The molecular formula is C48H33NO. The molecule has 236 valence electrons. The summed E-state index contributed by atoms with van der Waals surface area (Å²) in [7, 11) is 0. The van der Waals surface area contributed by atoms with Gasteiger partial charge in [0.15, 0.2) is 0 Å². The molecule has 0 spiro atoms. The van der Waals surface area contributed by atoms with Crippen LogP contribution in [0.15, 0.2) is 205 Å². The van der Waals surface area contributed by atoms with Gasteiger partial charge < -0.3 is 9.32 Å². The van der Waals surface area contributed by atoms with Crippen molar-refractivity contribution in [3.8, 4) is 44.5 Å². The molecule has 0 saturated heterocycles. The number of fused-ring (bicyclic) bond motifs is 3. The summed E-state index contributed by atoms with van der Waals surface area (Å²) in [6.07, 6.45) is 0. The van der Waals surface area contributed by atoms with Gasteiger partial charge in [0, 0.05) is 33.8 Å². The summed E-state index contributed by atoms with van der Waals surface area (Å²) < 4.78 is 6.40. The smallest absolute Gasteiger partial charge is 0.137 e. The lowest BCUT2D eigenvalue weighted by molar-refractivity contribution is 0.669. The number of benzene rings is 8. The van der Waals surface area contributed by atoms with E-state index in [0.717, 1.165) is 50.1 Å². The maximum Gasteiger partial charge on any atom is 0.137 e. The monoisotopic (exact) mass is 639 g/mol. The average molecular weight is 640 g/mol. The highest BCUT2D eigenvalue weighted by Gasteiger charge is 2.19. The minimum Gasteiger partial charge on any atom is -0.456 e. The first-order valence-corrected chi connectivity index (χ1v) is 17.0. The fourth-order valence-electron chi connectivity index (χ4n) is 7.08. The van der Waals surface area contributed by atoms with Crippen LogP contribution < -0.4 is 4.90 Å². The van der Waals surface area contributed by atoms with Crippen molar-refractivity contribution in [3.05, 3.63) is 200 Å². The Hall–Kier alpha value is -6.64. The van der Waals surface area contributed by atoms with Crippen LogP contribution in [0.3, 0.4) is 0 Å². The number of anilines is 3. The van der Waals surface area contributed by atoms with E-state index in [1.54, 1.807) is 0 Å². The van der Waals surface area contributed by atoms with Crippen molar-refractivity contribution in [2.75, 3.05) is 4.90 Å². The molecule has 2 nitrogen and oxygen atoms in total. The van der Waals surface area contributed by atoms with Crippen molar-refractivity contribution in [2.45, 2.75) is 0 Å². The lowest BCUT2D eigenvalue weighted by Crippen LogP contribution is -2.11. The Balaban J connectivity index is 1.20. The first-order valence-electron chi connectivity index (χ1n) is 17.0. The number of furan rings is 1. The lowest BCUT2D eigenvalue weighted by Gasteiger charge is -2.28. The van der Waals surface area contributed by atoms with Crippen molar-refractivity contribution in [1.29, 1.82) is 0 Å². The van der Waals surface area contributed by atoms with Gasteiger partial charge in [0.2, 0.25) is 0 Å². The summed E-state index contributed by atoms with van der Waals surface area (Å²) in [5, 5.41) is 2.24. The molecule has 50 heavy (non-hydrogen) atoms.